The van der Waals surface area contributed by atoms with E-state index in [1.54, 1.807) is 6.08 Å². The molecule has 0 amide bonds. The Morgan fingerprint density at radius 1 is 1.35 bits per heavy atom. The van der Waals surface area contributed by atoms with Crippen molar-refractivity contribution in [2.75, 3.05) is 6.61 Å². The summed E-state index contributed by atoms with van der Waals surface area (Å²) in [6.45, 7) is 6.70. The number of carboxylic acids is 1. The number of benzene rings is 1. The van der Waals surface area contributed by atoms with Crippen LogP contribution >= 0.6 is 0 Å². The minimum atomic E-state index is -0.938. The van der Waals surface area contributed by atoms with Crippen molar-refractivity contribution in [1.82, 2.24) is 0 Å². The summed E-state index contributed by atoms with van der Waals surface area (Å²) in [6, 6.07) is 3.86. The van der Waals surface area contributed by atoms with Crippen LogP contribution in [0.25, 0.3) is 6.08 Å². The van der Waals surface area contributed by atoms with Crippen LogP contribution < -0.4 is 4.74 Å². The number of rotatable bonds is 5. The molecule has 0 unspecified atom stereocenters. The molecule has 0 saturated heterocycles. The fraction of sp³-hybridized carbons (Fsp3) is 0.357. The van der Waals surface area contributed by atoms with E-state index in [2.05, 4.69) is 6.92 Å². The van der Waals surface area contributed by atoms with E-state index in [-0.39, 0.29) is 0 Å². The van der Waals surface area contributed by atoms with E-state index in [9.17, 15) is 4.79 Å². The fourth-order valence-electron chi connectivity index (χ4n) is 1.68. The third kappa shape index (κ3) is 3.94. The third-order valence-corrected chi connectivity index (χ3v) is 2.35. The summed E-state index contributed by atoms with van der Waals surface area (Å²) in [5, 5.41) is 8.57. The van der Waals surface area contributed by atoms with Crippen molar-refractivity contribution in [3.8, 4) is 5.75 Å². The highest BCUT2D eigenvalue weighted by Gasteiger charge is 2.05. The van der Waals surface area contributed by atoms with Crippen molar-refractivity contribution in [3.05, 3.63) is 34.9 Å². The maximum absolute atomic E-state index is 10.4. The Kier molecular flexibility index (Phi) is 4.76. The normalized spacial score (nSPS) is 10.8. The van der Waals surface area contributed by atoms with Gasteiger partial charge in [-0.3, -0.25) is 0 Å². The predicted octanol–water partition coefficient (Wildman–Crippen LogP) is 3.19. The van der Waals surface area contributed by atoms with E-state index >= 15 is 0 Å². The highest BCUT2D eigenvalue weighted by Crippen LogP contribution is 2.25. The van der Waals surface area contributed by atoms with Crippen LogP contribution in [0.15, 0.2) is 18.2 Å². The molecule has 1 N–H and O–H groups in total. The number of carboxylic acid groups (broad SMARTS) is 1. The molecule has 0 aromatic heterocycles. The van der Waals surface area contributed by atoms with Crippen molar-refractivity contribution >= 4 is 12.0 Å². The molecule has 0 saturated carbocycles. The molecule has 1 rings (SSSR count). The molecule has 1 aromatic rings. The topological polar surface area (TPSA) is 46.5 Å². The summed E-state index contributed by atoms with van der Waals surface area (Å²) in [5.74, 6) is -0.0362. The highest BCUT2D eigenvalue weighted by molar-refractivity contribution is 5.85. The average molecular weight is 234 g/mol. The Bertz CT molecular complexity index is 410. The number of hydrogen-bond donors (Lipinski definition) is 1. The fourth-order valence-corrected chi connectivity index (χ4v) is 1.68. The first kappa shape index (κ1) is 13.3. The second-order valence-electron chi connectivity index (χ2n) is 4.00. The van der Waals surface area contributed by atoms with E-state index in [4.69, 9.17) is 9.84 Å². The van der Waals surface area contributed by atoms with Crippen LogP contribution in [0.5, 0.6) is 5.75 Å². The third-order valence-electron chi connectivity index (χ3n) is 2.35. The Hall–Kier alpha value is -1.77. The van der Waals surface area contributed by atoms with Gasteiger partial charge in [-0.25, -0.2) is 4.79 Å². The minimum absolute atomic E-state index is 0.700. The predicted molar refractivity (Wildman–Crippen MR) is 68.4 cm³/mol. The van der Waals surface area contributed by atoms with Crippen LogP contribution in [0.1, 0.15) is 30.0 Å². The molecule has 3 nitrogen and oxygen atoms in total. The Labute approximate surface area is 102 Å². The first-order valence-corrected chi connectivity index (χ1v) is 5.69. The van der Waals surface area contributed by atoms with Gasteiger partial charge in [0.15, 0.2) is 0 Å². The van der Waals surface area contributed by atoms with E-state index in [1.165, 1.54) is 0 Å². The van der Waals surface area contributed by atoms with Crippen molar-refractivity contribution in [1.29, 1.82) is 0 Å². The van der Waals surface area contributed by atoms with Gasteiger partial charge in [0.2, 0.25) is 0 Å². The number of carbonyl (C=O) groups is 1. The number of ether oxygens (including phenoxy) is 1. The molecule has 0 aliphatic rings. The van der Waals surface area contributed by atoms with Crippen molar-refractivity contribution in [2.24, 2.45) is 0 Å². The molecular formula is C14H18O3. The molecule has 0 bridgehead atoms. The molecule has 0 aliphatic carbocycles. The Balaban J connectivity index is 2.96. The quantitative estimate of drug-likeness (QED) is 0.796. The molecule has 1 aromatic carbocycles. The highest BCUT2D eigenvalue weighted by atomic mass is 16.5. The minimum Gasteiger partial charge on any atom is -0.493 e. The average Bonchev–Trinajstić information content (AvgIpc) is 2.25. The maximum Gasteiger partial charge on any atom is 0.328 e. The summed E-state index contributed by atoms with van der Waals surface area (Å²) in [5.41, 5.74) is 2.94. The van der Waals surface area contributed by atoms with Crippen molar-refractivity contribution in [2.45, 2.75) is 27.2 Å². The lowest BCUT2D eigenvalue weighted by Crippen LogP contribution is -1.99. The van der Waals surface area contributed by atoms with E-state index in [0.717, 1.165) is 34.9 Å². The first-order valence-electron chi connectivity index (χ1n) is 5.69. The largest absolute Gasteiger partial charge is 0.493 e. The summed E-state index contributed by atoms with van der Waals surface area (Å²) in [6.07, 6.45) is 3.70. The zero-order valence-corrected chi connectivity index (χ0v) is 10.5. The second-order valence-corrected chi connectivity index (χ2v) is 4.00. The van der Waals surface area contributed by atoms with Gasteiger partial charge >= 0.3 is 5.97 Å². The number of aliphatic carboxylic acids is 1. The number of aryl methyl sites for hydroxylation is 2. The van der Waals surface area contributed by atoms with Crippen molar-refractivity contribution < 1.29 is 14.6 Å². The van der Waals surface area contributed by atoms with Crippen LogP contribution in [0.2, 0.25) is 0 Å². The zero-order valence-electron chi connectivity index (χ0n) is 10.5. The van der Waals surface area contributed by atoms with E-state index in [1.807, 2.05) is 26.0 Å². The van der Waals surface area contributed by atoms with Gasteiger partial charge in [-0.1, -0.05) is 6.92 Å². The van der Waals surface area contributed by atoms with Gasteiger partial charge in [0.1, 0.15) is 5.75 Å². The molecule has 0 radical (unpaired) electrons. The van der Waals surface area contributed by atoms with Crippen LogP contribution in [-0.2, 0) is 4.79 Å². The lowest BCUT2D eigenvalue weighted by Gasteiger charge is -2.12. The lowest BCUT2D eigenvalue weighted by atomic mass is 10.1. The van der Waals surface area contributed by atoms with Gasteiger partial charge in [0, 0.05) is 6.08 Å². The van der Waals surface area contributed by atoms with E-state index < -0.39 is 5.97 Å². The molecule has 17 heavy (non-hydrogen) atoms. The lowest BCUT2D eigenvalue weighted by molar-refractivity contribution is -0.131. The SMILES string of the molecule is CCCOc1c(C)cc(/C=C/C(=O)O)cc1C. The van der Waals surface area contributed by atoms with Crippen LogP contribution in [0.4, 0.5) is 0 Å². The van der Waals surface area contributed by atoms with E-state index in [0.29, 0.717) is 6.61 Å². The van der Waals surface area contributed by atoms with Gasteiger partial charge in [-0.15, -0.1) is 0 Å². The van der Waals surface area contributed by atoms with Crippen molar-refractivity contribution in [3.63, 3.8) is 0 Å². The monoisotopic (exact) mass is 234 g/mol. The zero-order chi connectivity index (χ0) is 12.8. The van der Waals surface area contributed by atoms with Gasteiger partial charge in [-0.2, -0.15) is 0 Å². The van der Waals surface area contributed by atoms with Gasteiger partial charge in [0.25, 0.3) is 0 Å². The smallest absolute Gasteiger partial charge is 0.328 e. The first-order chi connectivity index (χ1) is 8.04. The summed E-state index contributed by atoms with van der Waals surface area (Å²) >= 11 is 0. The molecule has 0 heterocycles. The summed E-state index contributed by atoms with van der Waals surface area (Å²) in [4.78, 5) is 10.4. The Morgan fingerprint density at radius 2 is 1.94 bits per heavy atom. The maximum atomic E-state index is 10.4. The van der Waals surface area contributed by atoms with Gasteiger partial charge < -0.3 is 9.84 Å². The molecule has 92 valence electrons. The van der Waals surface area contributed by atoms with Crippen LogP contribution in [0, 0.1) is 13.8 Å². The van der Waals surface area contributed by atoms with Crippen LogP contribution in [-0.4, -0.2) is 17.7 Å². The van der Waals surface area contributed by atoms with Gasteiger partial charge in [-0.05, 0) is 55.2 Å². The molecule has 0 aliphatic heterocycles. The molecule has 0 spiro atoms. The van der Waals surface area contributed by atoms with Crippen LogP contribution in [0.3, 0.4) is 0 Å². The second kappa shape index (κ2) is 6.09. The van der Waals surface area contributed by atoms with Gasteiger partial charge in [0.05, 0.1) is 6.61 Å². The molecular weight excluding hydrogens is 216 g/mol. The summed E-state index contributed by atoms with van der Waals surface area (Å²) < 4.78 is 5.66. The molecule has 3 heteroatoms. The summed E-state index contributed by atoms with van der Waals surface area (Å²) in [7, 11) is 0. The molecule has 0 fully saturated rings. The standard InChI is InChI=1S/C14H18O3/c1-4-7-17-14-10(2)8-12(9-11(14)3)5-6-13(15)16/h5-6,8-9H,4,7H2,1-3H3,(H,15,16)/b6-5+. The molecule has 0 atom stereocenters. The Morgan fingerprint density at radius 3 is 2.41 bits per heavy atom. The number of hydrogen-bond acceptors (Lipinski definition) is 2.